The van der Waals surface area contributed by atoms with E-state index in [4.69, 9.17) is 11.6 Å². The van der Waals surface area contributed by atoms with Crippen LogP contribution >= 0.6 is 11.6 Å². The monoisotopic (exact) mass is 347 g/mol. The number of nitrogens with zero attached hydrogens (tertiary/aromatic N) is 1. The van der Waals surface area contributed by atoms with E-state index in [9.17, 15) is 14.9 Å². The summed E-state index contributed by atoms with van der Waals surface area (Å²) < 4.78 is 0. The van der Waals surface area contributed by atoms with Crippen LogP contribution in [0.25, 0.3) is 0 Å². The number of nitro benzene ring substituents is 1. The predicted octanol–water partition coefficient (Wildman–Crippen LogP) is 3.79. The van der Waals surface area contributed by atoms with Crippen LogP contribution in [-0.4, -0.2) is 23.9 Å². The summed E-state index contributed by atoms with van der Waals surface area (Å²) in [5, 5.41) is 17.1. The highest BCUT2D eigenvalue weighted by molar-refractivity contribution is 6.33. The van der Waals surface area contributed by atoms with Gasteiger partial charge in [0.05, 0.1) is 9.95 Å². The lowest BCUT2D eigenvalue weighted by Gasteiger charge is -2.09. The lowest BCUT2D eigenvalue weighted by Crippen LogP contribution is -2.25. The minimum Gasteiger partial charge on any atom is -0.378 e. The Balaban J connectivity index is 1.80. The molecule has 0 unspecified atom stereocenters. The van der Waals surface area contributed by atoms with Crippen molar-refractivity contribution in [2.24, 2.45) is 0 Å². The van der Waals surface area contributed by atoms with E-state index in [1.165, 1.54) is 12.1 Å². The average molecular weight is 348 g/mol. The maximum atomic E-state index is 11.9. The SMILES string of the molecule is Cc1ccc(C(=O)NCCCNc2c(Cl)cccc2[N+](=O)[O-])cc1. The van der Waals surface area contributed by atoms with Gasteiger partial charge in [-0.25, -0.2) is 0 Å². The Morgan fingerprint density at radius 2 is 1.88 bits per heavy atom. The number of hydrogen-bond donors (Lipinski definition) is 2. The Kier molecular flexibility index (Phi) is 6.14. The predicted molar refractivity (Wildman–Crippen MR) is 94.7 cm³/mol. The molecular weight excluding hydrogens is 330 g/mol. The van der Waals surface area contributed by atoms with Crippen LogP contribution in [0.1, 0.15) is 22.3 Å². The van der Waals surface area contributed by atoms with Gasteiger partial charge < -0.3 is 10.6 Å². The first-order valence-corrected chi connectivity index (χ1v) is 7.88. The van der Waals surface area contributed by atoms with E-state index in [0.29, 0.717) is 35.8 Å². The van der Waals surface area contributed by atoms with Crippen molar-refractivity contribution < 1.29 is 9.72 Å². The van der Waals surface area contributed by atoms with Gasteiger partial charge >= 0.3 is 0 Å². The van der Waals surface area contributed by atoms with Gasteiger partial charge in [0.25, 0.3) is 11.6 Å². The molecule has 2 N–H and O–H groups in total. The van der Waals surface area contributed by atoms with E-state index in [1.807, 2.05) is 19.1 Å². The van der Waals surface area contributed by atoms with Crippen molar-refractivity contribution in [3.05, 3.63) is 68.7 Å². The number of amides is 1. The number of nitrogens with one attached hydrogen (secondary N) is 2. The maximum absolute atomic E-state index is 11.9. The highest BCUT2D eigenvalue weighted by Crippen LogP contribution is 2.31. The molecule has 2 aromatic carbocycles. The summed E-state index contributed by atoms with van der Waals surface area (Å²) in [6.07, 6.45) is 0.611. The number of nitro groups is 1. The van der Waals surface area contributed by atoms with E-state index in [-0.39, 0.29) is 11.6 Å². The number of rotatable bonds is 7. The Morgan fingerprint density at radius 3 is 2.54 bits per heavy atom. The van der Waals surface area contributed by atoms with Gasteiger partial charge in [0.2, 0.25) is 0 Å². The van der Waals surface area contributed by atoms with Gasteiger partial charge in [-0.2, -0.15) is 0 Å². The molecular formula is C17H18ClN3O3. The molecule has 126 valence electrons. The minimum atomic E-state index is -0.479. The maximum Gasteiger partial charge on any atom is 0.293 e. The van der Waals surface area contributed by atoms with Crippen LogP contribution in [0.3, 0.4) is 0 Å². The third kappa shape index (κ3) is 4.70. The number of para-hydroxylation sites is 1. The van der Waals surface area contributed by atoms with E-state index in [2.05, 4.69) is 10.6 Å². The van der Waals surface area contributed by atoms with Crippen LogP contribution in [-0.2, 0) is 0 Å². The van der Waals surface area contributed by atoms with Crippen molar-refractivity contribution in [2.45, 2.75) is 13.3 Å². The van der Waals surface area contributed by atoms with Crippen LogP contribution in [0.5, 0.6) is 0 Å². The molecule has 0 bridgehead atoms. The molecule has 6 nitrogen and oxygen atoms in total. The molecule has 2 rings (SSSR count). The van der Waals surface area contributed by atoms with Crippen molar-refractivity contribution in [1.82, 2.24) is 5.32 Å². The smallest absolute Gasteiger partial charge is 0.293 e. The lowest BCUT2D eigenvalue weighted by molar-refractivity contribution is -0.383. The van der Waals surface area contributed by atoms with Gasteiger partial charge in [-0.05, 0) is 31.5 Å². The van der Waals surface area contributed by atoms with Gasteiger partial charge in [0.1, 0.15) is 5.69 Å². The third-order valence-electron chi connectivity index (χ3n) is 3.44. The van der Waals surface area contributed by atoms with Crippen LogP contribution in [0, 0.1) is 17.0 Å². The molecule has 0 saturated heterocycles. The van der Waals surface area contributed by atoms with E-state index < -0.39 is 4.92 Å². The fourth-order valence-corrected chi connectivity index (χ4v) is 2.39. The largest absolute Gasteiger partial charge is 0.378 e. The van der Waals surface area contributed by atoms with Crippen LogP contribution < -0.4 is 10.6 Å². The first-order valence-electron chi connectivity index (χ1n) is 7.50. The number of hydrogen-bond acceptors (Lipinski definition) is 4. The summed E-state index contributed by atoms with van der Waals surface area (Å²) in [7, 11) is 0. The Morgan fingerprint density at radius 1 is 1.17 bits per heavy atom. The summed E-state index contributed by atoms with van der Waals surface area (Å²) in [4.78, 5) is 22.4. The summed E-state index contributed by atoms with van der Waals surface area (Å²) in [6, 6.07) is 11.8. The molecule has 0 aliphatic carbocycles. The highest BCUT2D eigenvalue weighted by atomic mass is 35.5. The normalized spacial score (nSPS) is 10.2. The Hall–Kier alpha value is -2.60. The van der Waals surface area contributed by atoms with Crippen molar-refractivity contribution in [3.8, 4) is 0 Å². The second kappa shape index (κ2) is 8.31. The Bertz CT molecular complexity index is 732. The number of benzene rings is 2. The zero-order chi connectivity index (χ0) is 17.5. The number of carbonyl (C=O) groups is 1. The number of anilines is 1. The average Bonchev–Trinajstić information content (AvgIpc) is 2.56. The van der Waals surface area contributed by atoms with E-state index in [1.54, 1.807) is 18.2 Å². The summed E-state index contributed by atoms with van der Waals surface area (Å²) >= 11 is 5.99. The molecule has 2 aromatic rings. The number of aryl methyl sites for hydroxylation is 1. The second-order valence-corrected chi connectivity index (χ2v) is 5.70. The Labute approximate surface area is 145 Å². The van der Waals surface area contributed by atoms with Crippen molar-refractivity contribution in [1.29, 1.82) is 0 Å². The van der Waals surface area contributed by atoms with Gasteiger partial charge in [-0.1, -0.05) is 35.4 Å². The third-order valence-corrected chi connectivity index (χ3v) is 3.76. The molecule has 0 saturated carbocycles. The number of carbonyl (C=O) groups excluding carboxylic acids is 1. The van der Waals surface area contributed by atoms with Gasteiger partial charge in [-0.3, -0.25) is 14.9 Å². The molecule has 0 aliphatic rings. The molecule has 24 heavy (non-hydrogen) atoms. The first-order chi connectivity index (χ1) is 11.5. The molecule has 0 aromatic heterocycles. The van der Waals surface area contributed by atoms with Crippen LogP contribution in [0.2, 0.25) is 5.02 Å². The summed E-state index contributed by atoms with van der Waals surface area (Å²) in [5.74, 6) is -0.140. The second-order valence-electron chi connectivity index (χ2n) is 5.29. The summed E-state index contributed by atoms with van der Waals surface area (Å²) in [6.45, 7) is 2.87. The minimum absolute atomic E-state index is 0.0637. The molecule has 0 atom stereocenters. The number of halogens is 1. The van der Waals surface area contributed by atoms with E-state index >= 15 is 0 Å². The molecule has 0 heterocycles. The van der Waals surface area contributed by atoms with E-state index in [0.717, 1.165) is 5.56 Å². The molecule has 0 fully saturated rings. The fraction of sp³-hybridized carbons (Fsp3) is 0.235. The van der Waals surface area contributed by atoms with Crippen molar-refractivity contribution >= 4 is 28.9 Å². The van der Waals surface area contributed by atoms with Crippen LogP contribution in [0.15, 0.2) is 42.5 Å². The quantitative estimate of drug-likeness (QED) is 0.453. The molecule has 0 aliphatic heterocycles. The zero-order valence-electron chi connectivity index (χ0n) is 13.2. The van der Waals surface area contributed by atoms with Gasteiger partial charge in [-0.15, -0.1) is 0 Å². The highest BCUT2D eigenvalue weighted by Gasteiger charge is 2.15. The first kappa shape index (κ1) is 17.7. The molecule has 0 radical (unpaired) electrons. The molecule has 7 heteroatoms. The summed E-state index contributed by atoms with van der Waals surface area (Å²) in [5.41, 5.74) is 1.94. The van der Waals surface area contributed by atoms with Crippen molar-refractivity contribution in [2.75, 3.05) is 18.4 Å². The van der Waals surface area contributed by atoms with Gasteiger partial charge in [0, 0.05) is 24.7 Å². The fourth-order valence-electron chi connectivity index (χ4n) is 2.15. The van der Waals surface area contributed by atoms with Gasteiger partial charge in [0.15, 0.2) is 0 Å². The molecule has 1 amide bonds. The lowest BCUT2D eigenvalue weighted by atomic mass is 10.1. The van der Waals surface area contributed by atoms with Crippen LogP contribution in [0.4, 0.5) is 11.4 Å². The molecule has 0 spiro atoms. The standard InChI is InChI=1S/C17H18ClN3O3/c1-12-6-8-13(9-7-12)17(22)20-11-3-10-19-16-14(18)4-2-5-15(16)21(23)24/h2,4-9,19H,3,10-11H2,1H3,(H,20,22). The topological polar surface area (TPSA) is 84.3 Å². The van der Waals surface area contributed by atoms with Crippen molar-refractivity contribution in [3.63, 3.8) is 0 Å². The zero-order valence-corrected chi connectivity index (χ0v) is 14.0.